The molecule has 1 heterocycles. The molecule has 0 spiro atoms. The maximum Gasteiger partial charge on any atom is 0.0218 e. The average Bonchev–Trinajstić information content (AvgIpc) is 2.95. The molecule has 1 aromatic rings. The molecular weight excluding hydrogens is 200 g/mol. The number of aryl methyl sites for hydroxylation is 1. The first-order valence-electron chi connectivity index (χ1n) is 5.77. The van der Waals surface area contributed by atoms with Crippen molar-refractivity contribution in [2.45, 2.75) is 44.1 Å². The van der Waals surface area contributed by atoms with Gasteiger partial charge in [0, 0.05) is 10.5 Å². The van der Waals surface area contributed by atoms with Gasteiger partial charge in [0.05, 0.1) is 0 Å². The first-order valence-corrected chi connectivity index (χ1v) is 6.71. The van der Waals surface area contributed by atoms with E-state index in [1.165, 1.54) is 18.4 Å². The zero-order valence-electron chi connectivity index (χ0n) is 9.86. The quantitative estimate of drug-likeness (QED) is 0.690. The lowest BCUT2D eigenvalue weighted by atomic mass is 9.89. The summed E-state index contributed by atoms with van der Waals surface area (Å²) in [6, 6.07) is 10.8. The third kappa shape index (κ3) is 3.01. The van der Waals surface area contributed by atoms with Crippen LogP contribution >= 0.6 is 11.8 Å². The summed E-state index contributed by atoms with van der Waals surface area (Å²) >= 11 is 2.16. The summed E-state index contributed by atoms with van der Waals surface area (Å²) in [5, 5.41) is 1.80. The van der Waals surface area contributed by atoms with E-state index in [9.17, 15) is 0 Å². The Bertz CT molecular complexity index is 310. The van der Waals surface area contributed by atoms with Gasteiger partial charge in [0.15, 0.2) is 0 Å². The summed E-state index contributed by atoms with van der Waals surface area (Å²) in [4.78, 5) is 0. The van der Waals surface area contributed by atoms with Gasteiger partial charge < -0.3 is 0 Å². The zero-order chi connectivity index (χ0) is 10.9. The Morgan fingerprint density at radius 1 is 1.13 bits per heavy atom. The van der Waals surface area contributed by atoms with Crippen molar-refractivity contribution in [1.29, 1.82) is 0 Å². The third-order valence-electron chi connectivity index (χ3n) is 3.00. The van der Waals surface area contributed by atoms with Gasteiger partial charge in [-0.3, -0.25) is 0 Å². The third-order valence-corrected chi connectivity index (χ3v) is 4.87. The van der Waals surface area contributed by atoms with E-state index in [4.69, 9.17) is 0 Å². The van der Waals surface area contributed by atoms with E-state index in [-0.39, 0.29) is 0 Å². The van der Waals surface area contributed by atoms with Crippen LogP contribution in [0, 0.1) is 5.41 Å². The number of rotatable bonds is 3. The van der Waals surface area contributed by atoms with Crippen LogP contribution in [0.1, 0.15) is 32.8 Å². The van der Waals surface area contributed by atoms with E-state index in [1.54, 1.807) is 0 Å². The molecule has 1 aromatic carbocycles. The van der Waals surface area contributed by atoms with Crippen molar-refractivity contribution < 1.29 is 0 Å². The Kier molecular flexibility index (Phi) is 3.11. The maximum absolute atomic E-state index is 2.35. The molecule has 1 saturated heterocycles. The Morgan fingerprint density at radius 3 is 2.33 bits per heavy atom. The highest BCUT2D eigenvalue weighted by Crippen LogP contribution is 2.53. The molecule has 0 radical (unpaired) electrons. The van der Waals surface area contributed by atoms with Gasteiger partial charge in [-0.15, -0.1) is 0 Å². The second-order valence-electron chi connectivity index (χ2n) is 5.49. The highest BCUT2D eigenvalue weighted by molar-refractivity contribution is 8.07. The minimum atomic E-state index is 0.492. The van der Waals surface area contributed by atoms with Gasteiger partial charge in [-0.05, 0) is 23.8 Å². The fourth-order valence-electron chi connectivity index (χ4n) is 2.08. The van der Waals surface area contributed by atoms with Crippen LogP contribution in [0.15, 0.2) is 30.3 Å². The summed E-state index contributed by atoms with van der Waals surface area (Å²) in [5.41, 5.74) is 1.98. The molecule has 1 aliphatic heterocycles. The fourth-order valence-corrected chi connectivity index (χ4v) is 3.57. The van der Waals surface area contributed by atoms with Crippen LogP contribution in [0.3, 0.4) is 0 Å². The van der Waals surface area contributed by atoms with Crippen molar-refractivity contribution in [2.24, 2.45) is 5.41 Å². The SMILES string of the molecule is CC(C)(C)[C@@H]1S[C@H]1CCc1ccccc1. The summed E-state index contributed by atoms with van der Waals surface area (Å²) < 4.78 is 0. The molecule has 2 rings (SSSR count). The first kappa shape index (κ1) is 11.1. The molecule has 1 fully saturated rings. The van der Waals surface area contributed by atoms with Crippen molar-refractivity contribution in [1.82, 2.24) is 0 Å². The monoisotopic (exact) mass is 220 g/mol. The fraction of sp³-hybridized carbons (Fsp3) is 0.571. The molecular formula is C14H20S. The largest absolute Gasteiger partial charge is 0.152 e. The zero-order valence-corrected chi connectivity index (χ0v) is 10.7. The number of hydrogen-bond acceptors (Lipinski definition) is 1. The van der Waals surface area contributed by atoms with Crippen molar-refractivity contribution >= 4 is 11.8 Å². The second-order valence-corrected chi connectivity index (χ2v) is 6.87. The summed E-state index contributed by atoms with van der Waals surface area (Å²) in [6.45, 7) is 7.06. The summed E-state index contributed by atoms with van der Waals surface area (Å²) in [6.07, 6.45) is 2.59. The van der Waals surface area contributed by atoms with Crippen molar-refractivity contribution in [3.63, 3.8) is 0 Å². The van der Waals surface area contributed by atoms with E-state index in [2.05, 4.69) is 62.9 Å². The second kappa shape index (κ2) is 4.21. The van der Waals surface area contributed by atoms with Gasteiger partial charge in [-0.25, -0.2) is 0 Å². The topological polar surface area (TPSA) is 0 Å². The van der Waals surface area contributed by atoms with Crippen molar-refractivity contribution in [2.75, 3.05) is 0 Å². The lowest BCUT2D eigenvalue weighted by Gasteiger charge is -2.16. The minimum absolute atomic E-state index is 0.492. The number of benzene rings is 1. The Labute approximate surface area is 97.5 Å². The molecule has 0 nitrogen and oxygen atoms in total. The lowest BCUT2D eigenvalue weighted by molar-refractivity contribution is 0.411. The molecule has 1 heteroatoms. The van der Waals surface area contributed by atoms with Crippen LogP contribution in [0.5, 0.6) is 0 Å². The van der Waals surface area contributed by atoms with E-state index in [1.807, 2.05) is 0 Å². The van der Waals surface area contributed by atoms with Gasteiger partial charge in [0.25, 0.3) is 0 Å². The maximum atomic E-state index is 2.35. The van der Waals surface area contributed by atoms with Crippen molar-refractivity contribution in [3.8, 4) is 0 Å². The van der Waals surface area contributed by atoms with E-state index < -0.39 is 0 Å². The van der Waals surface area contributed by atoms with Crippen LogP contribution in [-0.2, 0) is 6.42 Å². The molecule has 82 valence electrons. The Hall–Kier alpha value is -0.430. The van der Waals surface area contributed by atoms with Crippen LogP contribution in [0.25, 0.3) is 0 Å². The van der Waals surface area contributed by atoms with E-state index in [0.717, 1.165) is 10.5 Å². The average molecular weight is 220 g/mol. The van der Waals surface area contributed by atoms with Crippen LogP contribution in [-0.4, -0.2) is 10.5 Å². The molecule has 0 bridgehead atoms. The summed E-state index contributed by atoms with van der Waals surface area (Å²) in [5.74, 6) is 0. The lowest BCUT2D eigenvalue weighted by Crippen LogP contribution is -2.16. The highest BCUT2D eigenvalue weighted by atomic mass is 32.2. The smallest absolute Gasteiger partial charge is 0.0218 e. The molecule has 0 aliphatic carbocycles. The van der Waals surface area contributed by atoms with Crippen LogP contribution in [0.4, 0.5) is 0 Å². The van der Waals surface area contributed by atoms with E-state index in [0.29, 0.717) is 5.41 Å². The molecule has 0 unspecified atom stereocenters. The number of hydrogen-bond donors (Lipinski definition) is 0. The Morgan fingerprint density at radius 2 is 1.80 bits per heavy atom. The molecule has 2 atom stereocenters. The molecule has 0 aromatic heterocycles. The molecule has 0 saturated carbocycles. The highest BCUT2D eigenvalue weighted by Gasteiger charge is 2.45. The normalized spacial score (nSPS) is 25.3. The predicted molar refractivity (Wildman–Crippen MR) is 69.4 cm³/mol. The Balaban J connectivity index is 1.78. The van der Waals surface area contributed by atoms with Gasteiger partial charge in [-0.1, -0.05) is 51.1 Å². The van der Waals surface area contributed by atoms with E-state index >= 15 is 0 Å². The molecule has 0 amide bonds. The van der Waals surface area contributed by atoms with Crippen molar-refractivity contribution in [3.05, 3.63) is 35.9 Å². The number of thioether (sulfide) groups is 1. The summed E-state index contributed by atoms with van der Waals surface area (Å²) in [7, 11) is 0. The standard InChI is InChI=1S/C14H20S/c1-14(2,3)13-12(15-13)10-9-11-7-5-4-6-8-11/h4-8,12-13H,9-10H2,1-3H3/t12-,13+/m0/s1. The van der Waals surface area contributed by atoms with Crippen LogP contribution < -0.4 is 0 Å². The molecule has 0 N–H and O–H groups in total. The molecule has 1 aliphatic rings. The van der Waals surface area contributed by atoms with Gasteiger partial charge in [-0.2, -0.15) is 11.8 Å². The predicted octanol–water partition coefficient (Wildman–Crippen LogP) is 4.15. The van der Waals surface area contributed by atoms with Gasteiger partial charge >= 0.3 is 0 Å². The molecule has 15 heavy (non-hydrogen) atoms. The van der Waals surface area contributed by atoms with Gasteiger partial charge in [0.2, 0.25) is 0 Å². The van der Waals surface area contributed by atoms with Gasteiger partial charge in [0.1, 0.15) is 0 Å². The minimum Gasteiger partial charge on any atom is -0.152 e. The van der Waals surface area contributed by atoms with Crippen LogP contribution in [0.2, 0.25) is 0 Å². The first-order chi connectivity index (χ1) is 7.07.